The second kappa shape index (κ2) is 5.18. The van der Waals surface area contributed by atoms with Gasteiger partial charge in [0.1, 0.15) is 0 Å². The van der Waals surface area contributed by atoms with Gasteiger partial charge in [0.15, 0.2) is 0 Å². The second-order valence-corrected chi connectivity index (χ2v) is 4.83. The number of hydrogen-bond donors (Lipinski definition) is 0. The number of hydrogen-bond acceptors (Lipinski definition) is 1. The Balaban J connectivity index is 2.53. The van der Waals surface area contributed by atoms with E-state index in [2.05, 4.69) is 43.5 Å². The molecule has 0 radical (unpaired) electrons. The number of aromatic nitrogens is 2. The zero-order valence-electron chi connectivity index (χ0n) is 9.83. The van der Waals surface area contributed by atoms with E-state index in [0.717, 1.165) is 18.9 Å². The Hall–Kier alpha value is -0.790. The van der Waals surface area contributed by atoms with Gasteiger partial charge >= 0.3 is 0 Å². The van der Waals surface area contributed by atoms with Crippen molar-refractivity contribution in [2.24, 2.45) is 11.8 Å². The number of nitrogens with zero attached hydrogens (tertiary/aromatic N) is 2. The highest BCUT2D eigenvalue weighted by atomic mass is 15.3. The summed E-state index contributed by atoms with van der Waals surface area (Å²) in [7, 11) is 0. The van der Waals surface area contributed by atoms with Gasteiger partial charge in [0.25, 0.3) is 0 Å². The molecule has 0 atom stereocenters. The Morgan fingerprint density at radius 1 is 1.21 bits per heavy atom. The van der Waals surface area contributed by atoms with Crippen molar-refractivity contribution >= 4 is 0 Å². The van der Waals surface area contributed by atoms with Crippen LogP contribution in [0.3, 0.4) is 0 Å². The molecular weight excluding hydrogens is 172 g/mol. The Morgan fingerprint density at radius 2 is 1.93 bits per heavy atom. The lowest BCUT2D eigenvalue weighted by molar-refractivity contribution is 0.466. The van der Waals surface area contributed by atoms with Gasteiger partial charge < -0.3 is 0 Å². The molecule has 0 N–H and O–H groups in total. The van der Waals surface area contributed by atoms with E-state index in [0.29, 0.717) is 5.92 Å². The molecule has 0 spiro atoms. The first-order valence-electron chi connectivity index (χ1n) is 5.60. The lowest BCUT2D eigenvalue weighted by Crippen LogP contribution is -2.09. The van der Waals surface area contributed by atoms with Crippen LogP contribution in [0.2, 0.25) is 0 Å². The minimum absolute atomic E-state index is 0.712. The SMILES string of the molecule is CC(C)CCn1nccc1CC(C)C. The quantitative estimate of drug-likeness (QED) is 0.704. The van der Waals surface area contributed by atoms with E-state index in [9.17, 15) is 0 Å². The molecule has 2 nitrogen and oxygen atoms in total. The van der Waals surface area contributed by atoms with Crippen LogP contribution in [0.5, 0.6) is 0 Å². The Labute approximate surface area is 87.3 Å². The normalized spacial score (nSPS) is 11.6. The van der Waals surface area contributed by atoms with Gasteiger partial charge in [-0.05, 0) is 30.7 Å². The summed E-state index contributed by atoms with van der Waals surface area (Å²) >= 11 is 0. The van der Waals surface area contributed by atoms with Crippen LogP contribution >= 0.6 is 0 Å². The van der Waals surface area contributed by atoms with E-state index in [-0.39, 0.29) is 0 Å². The van der Waals surface area contributed by atoms with Gasteiger partial charge in [0.05, 0.1) is 0 Å². The predicted octanol–water partition coefficient (Wildman–Crippen LogP) is 3.13. The topological polar surface area (TPSA) is 17.8 Å². The van der Waals surface area contributed by atoms with Crippen molar-refractivity contribution in [1.82, 2.24) is 9.78 Å². The van der Waals surface area contributed by atoms with Crippen LogP contribution in [0.4, 0.5) is 0 Å². The zero-order chi connectivity index (χ0) is 10.6. The van der Waals surface area contributed by atoms with Crippen molar-refractivity contribution in [2.75, 3.05) is 0 Å². The van der Waals surface area contributed by atoms with Crippen molar-refractivity contribution in [3.63, 3.8) is 0 Å². The number of aryl methyl sites for hydroxylation is 1. The van der Waals surface area contributed by atoms with Gasteiger partial charge in [0.2, 0.25) is 0 Å². The van der Waals surface area contributed by atoms with Crippen molar-refractivity contribution < 1.29 is 0 Å². The van der Waals surface area contributed by atoms with Crippen LogP contribution in [0, 0.1) is 11.8 Å². The maximum Gasteiger partial charge on any atom is 0.0492 e. The van der Waals surface area contributed by atoms with Crippen molar-refractivity contribution in [3.8, 4) is 0 Å². The fourth-order valence-corrected chi connectivity index (χ4v) is 1.53. The molecule has 0 fully saturated rings. The molecule has 0 aliphatic rings. The highest BCUT2D eigenvalue weighted by Crippen LogP contribution is 2.09. The van der Waals surface area contributed by atoms with Crippen LogP contribution in [0.25, 0.3) is 0 Å². The fraction of sp³-hybridized carbons (Fsp3) is 0.750. The van der Waals surface area contributed by atoms with E-state index in [1.807, 2.05) is 6.20 Å². The summed E-state index contributed by atoms with van der Waals surface area (Å²) in [5.41, 5.74) is 1.38. The molecule has 0 saturated carbocycles. The van der Waals surface area contributed by atoms with Crippen molar-refractivity contribution in [3.05, 3.63) is 18.0 Å². The van der Waals surface area contributed by atoms with Gasteiger partial charge in [-0.1, -0.05) is 27.7 Å². The van der Waals surface area contributed by atoms with Crippen LogP contribution < -0.4 is 0 Å². The summed E-state index contributed by atoms with van der Waals surface area (Å²) in [6.45, 7) is 10.1. The minimum atomic E-state index is 0.712. The summed E-state index contributed by atoms with van der Waals surface area (Å²) in [6.07, 6.45) is 4.27. The van der Waals surface area contributed by atoms with Gasteiger partial charge in [0, 0.05) is 18.4 Å². The molecule has 1 heterocycles. The Bertz CT molecular complexity index is 261. The smallest absolute Gasteiger partial charge is 0.0492 e. The number of rotatable bonds is 5. The van der Waals surface area contributed by atoms with Crippen LogP contribution in [0.15, 0.2) is 12.3 Å². The van der Waals surface area contributed by atoms with Crippen molar-refractivity contribution in [2.45, 2.75) is 47.1 Å². The highest BCUT2D eigenvalue weighted by Gasteiger charge is 2.05. The molecular formula is C12H22N2. The van der Waals surface area contributed by atoms with Gasteiger partial charge in [-0.3, -0.25) is 4.68 Å². The average molecular weight is 194 g/mol. The molecule has 0 aliphatic carbocycles. The molecule has 1 rings (SSSR count). The molecule has 0 unspecified atom stereocenters. The summed E-state index contributed by atoms with van der Waals surface area (Å²) < 4.78 is 2.15. The molecule has 0 aromatic carbocycles. The molecule has 0 aliphatic heterocycles. The molecule has 1 aromatic heterocycles. The molecule has 0 bridgehead atoms. The third kappa shape index (κ3) is 3.52. The lowest BCUT2D eigenvalue weighted by Gasteiger charge is -2.10. The van der Waals surface area contributed by atoms with Crippen LogP contribution in [-0.4, -0.2) is 9.78 Å². The van der Waals surface area contributed by atoms with Gasteiger partial charge in [-0.2, -0.15) is 5.10 Å². The predicted molar refractivity (Wildman–Crippen MR) is 60.2 cm³/mol. The molecule has 1 aromatic rings. The van der Waals surface area contributed by atoms with E-state index >= 15 is 0 Å². The highest BCUT2D eigenvalue weighted by molar-refractivity contribution is 5.01. The van der Waals surface area contributed by atoms with E-state index in [1.165, 1.54) is 12.1 Å². The Morgan fingerprint density at radius 3 is 2.50 bits per heavy atom. The molecule has 0 saturated heterocycles. The summed E-state index contributed by atoms with van der Waals surface area (Å²) in [5.74, 6) is 1.47. The van der Waals surface area contributed by atoms with Crippen molar-refractivity contribution in [1.29, 1.82) is 0 Å². The third-order valence-electron chi connectivity index (χ3n) is 2.34. The summed E-state index contributed by atoms with van der Waals surface area (Å²) in [6, 6.07) is 2.14. The molecule has 14 heavy (non-hydrogen) atoms. The first-order chi connectivity index (χ1) is 6.59. The first-order valence-corrected chi connectivity index (χ1v) is 5.60. The summed E-state index contributed by atoms with van der Waals surface area (Å²) in [4.78, 5) is 0. The largest absolute Gasteiger partial charge is 0.270 e. The van der Waals surface area contributed by atoms with Crippen LogP contribution in [-0.2, 0) is 13.0 Å². The minimum Gasteiger partial charge on any atom is -0.270 e. The van der Waals surface area contributed by atoms with Crippen LogP contribution in [0.1, 0.15) is 39.8 Å². The monoisotopic (exact) mass is 194 g/mol. The summed E-state index contributed by atoms with van der Waals surface area (Å²) in [5, 5.41) is 4.36. The molecule has 80 valence electrons. The van der Waals surface area contributed by atoms with E-state index in [1.54, 1.807) is 0 Å². The maximum atomic E-state index is 4.36. The third-order valence-corrected chi connectivity index (χ3v) is 2.34. The standard InChI is InChI=1S/C12H22N2/c1-10(2)6-8-14-12(5-7-13-14)9-11(3)4/h5,7,10-11H,6,8-9H2,1-4H3. The first kappa shape index (κ1) is 11.3. The van der Waals surface area contributed by atoms with Gasteiger partial charge in [-0.25, -0.2) is 0 Å². The second-order valence-electron chi connectivity index (χ2n) is 4.83. The average Bonchev–Trinajstić information content (AvgIpc) is 2.47. The zero-order valence-corrected chi connectivity index (χ0v) is 9.83. The maximum absolute atomic E-state index is 4.36. The van der Waals surface area contributed by atoms with E-state index < -0.39 is 0 Å². The molecule has 2 heteroatoms. The Kier molecular flexibility index (Phi) is 4.18. The lowest BCUT2D eigenvalue weighted by atomic mass is 10.1. The van der Waals surface area contributed by atoms with Gasteiger partial charge in [-0.15, -0.1) is 0 Å². The molecule has 0 amide bonds. The van der Waals surface area contributed by atoms with E-state index in [4.69, 9.17) is 0 Å². The fourth-order valence-electron chi connectivity index (χ4n) is 1.53.